The number of carboxylic acid groups (broad SMARTS) is 1. The van der Waals surface area contributed by atoms with Crippen LogP contribution < -0.4 is 5.32 Å². The van der Waals surface area contributed by atoms with E-state index < -0.39 is 11.9 Å². The molecule has 2 amide bonds. The highest BCUT2D eigenvalue weighted by Crippen LogP contribution is 2.38. The van der Waals surface area contributed by atoms with Crippen LogP contribution in [0.4, 0.5) is 9.18 Å². The van der Waals surface area contributed by atoms with Crippen molar-refractivity contribution < 1.29 is 19.1 Å². The van der Waals surface area contributed by atoms with Crippen molar-refractivity contribution in [3.63, 3.8) is 0 Å². The van der Waals surface area contributed by atoms with Gasteiger partial charge in [0, 0.05) is 19.1 Å². The quantitative estimate of drug-likeness (QED) is 0.899. The standard InChI is InChI=1S/C16H19FN2O3/c17-14-4-2-1-3-13(14)11-7-12(8-11)18-16(22)19-6-5-10(9-19)15(20)21/h1-4,10-12H,5-9H2,(H,18,22)(H,20,21). The number of halogens is 1. The molecule has 118 valence electrons. The van der Waals surface area contributed by atoms with E-state index in [2.05, 4.69) is 5.32 Å². The van der Waals surface area contributed by atoms with E-state index in [-0.39, 0.29) is 30.4 Å². The zero-order valence-electron chi connectivity index (χ0n) is 12.2. The molecule has 1 saturated heterocycles. The van der Waals surface area contributed by atoms with Gasteiger partial charge >= 0.3 is 12.0 Å². The van der Waals surface area contributed by atoms with Crippen molar-refractivity contribution in [2.75, 3.05) is 13.1 Å². The molecular formula is C16H19FN2O3. The van der Waals surface area contributed by atoms with E-state index in [1.54, 1.807) is 17.0 Å². The number of nitrogens with zero attached hydrogens (tertiary/aromatic N) is 1. The first kappa shape index (κ1) is 14.8. The number of hydrogen-bond donors (Lipinski definition) is 2. The molecule has 1 aromatic rings. The van der Waals surface area contributed by atoms with Crippen LogP contribution in [0.15, 0.2) is 24.3 Å². The first-order chi connectivity index (χ1) is 10.5. The average molecular weight is 306 g/mol. The second kappa shape index (κ2) is 5.94. The second-order valence-corrected chi connectivity index (χ2v) is 6.11. The number of urea groups is 1. The Labute approximate surface area is 128 Å². The topological polar surface area (TPSA) is 69.6 Å². The van der Waals surface area contributed by atoms with Gasteiger partial charge in [-0.15, -0.1) is 0 Å². The first-order valence-electron chi connectivity index (χ1n) is 7.57. The molecule has 6 heteroatoms. The maximum atomic E-state index is 13.7. The van der Waals surface area contributed by atoms with Crippen LogP contribution in [-0.4, -0.2) is 41.1 Å². The van der Waals surface area contributed by atoms with Gasteiger partial charge in [-0.1, -0.05) is 18.2 Å². The van der Waals surface area contributed by atoms with Gasteiger partial charge < -0.3 is 15.3 Å². The van der Waals surface area contributed by atoms with Crippen LogP contribution in [0.2, 0.25) is 0 Å². The van der Waals surface area contributed by atoms with Crippen LogP contribution in [0.1, 0.15) is 30.7 Å². The minimum absolute atomic E-state index is 0.0426. The molecule has 0 aromatic heterocycles. The van der Waals surface area contributed by atoms with E-state index in [1.165, 1.54) is 6.07 Å². The smallest absolute Gasteiger partial charge is 0.317 e. The molecule has 5 nitrogen and oxygen atoms in total. The summed E-state index contributed by atoms with van der Waals surface area (Å²) in [6, 6.07) is 6.57. The SMILES string of the molecule is O=C(O)C1CCN(C(=O)NC2CC(c3ccccc3F)C2)C1. The Bertz CT molecular complexity index is 587. The van der Waals surface area contributed by atoms with Crippen LogP contribution in [-0.2, 0) is 4.79 Å². The lowest BCUT2D eigenvalue weighted by Gasteiger charge is -2.37. The van der Waals surface area contributed by atoms with E-state index in [9.17, 15) is 14.0 Å². The highest BCUT2D eigenvalue weighted by atomic mass is 19.1. The van der Waals surface area contributed by atoms with Crippen molar-refractivity contribution in [1.82, 2.24) is 10.2 Å². The Morgan fingerprint density at radius 2 is 2.00 bits per heavy atom. The van der Waals surface area contributed by atoms with E-state index in [4.69, 9.17) is 5.11 Å². The lowest BCUT2D eigenvalue weighted by atomic mass is 9.76. The largest absolute Gasteiger partial charge is 0.481 e. The van der Waals surface area contributed by atoms with Crippen molar-refractivity contribution in [2.45, 2.75) is 31.2 Å². The fourth-order valence-electron chi connectivity index (χ4n) is 3.21. The molecule has 1 atom stereocenters. The molecule has 0 spiro atoms. The summed E-state index contributed by atoms with van der Waals surface area (Å²) in [6.45, 7) is 0.747. The minimum atomic E-state index is -0.849. The predicted molar refractivity (Wildman–Crippen MR) is 78.0 cm³/mol. The van der Waals surface area contributed by atoms with Crippen molar-refractivity contribution in [3.8, 4) is 0 Å². The number of hydrogen-bond acceptors (Lipinski definition) is 2. The number of aliphatic carboxylic acids is 1. The van der Waals surface area contributed by atoms with Crippen LogP contribution in [0.3, 0.4) is 0 Å². The molecule has 2 fully saturated rings. The lowest BCUT2D eigenvalue weighted by Crippen LogP contribution is -2.48. The van der Waals surface area contributed by atoms with Gasteiger partial charge in [0.2, 0.25) is 0 Å². The van der Waals surface area contributed by atoms with Gasteiger partial charge in [-0.3, -0.25) is 4.79 Å². The molecule has 2 aliphatic rings. The molecule has 1 saturated carbocycles. The van der Waals surface area contributed by atoms with Crippen LogP contribution in [0.5, 0.6) is 0 Å². The zero-order valence-corrected chi connectivity index (χ0v) is 12.2. The number of likely N-dealkylation sites (tertiary alicyclic amines) is 1. The third-order valence-corrected chi connectivity index (χ3v) is 4.64. The summed E-state index contributed by atoms with van der Waals surface area (Å²) in [6.07, 6.45) is 1.96. The van der Waals surface area contributed by atoms with Crippen LogP contribution in [0, 0.1) is 11.7 Å². The highest BCUT2D eigenvalue weighted by molar-refractivity contribution is 5.77. The summed E-state index contributed by atoms with van der Waals surface area (Å²) < 4.78 is 13.7. The van der Waals surface area contributed by atoms with Gasteiger partial charge in [-0.2, -0.15) is 0 Å². The summed E-state index contributed by atoms with van der Waals surface area (Å²) >= 11 is 0. The molecule has 0 bridgehead atoms. The van der Waals surface area contributed by atoms with Gasteiger partial charge in [0.05, 0.1) is 5.92 Å². The van der Waals surface area contributed by atoms with Crippen LogP contribution in [0.25, 0.3) is 0 Å². The van der Waals surface area contributed by atoms with E-state index in [1.807, 2.05) is 6.07 Å². The molecule has 2 N–H and O–H groups in total. The van der Waals surface area contributed by atoms with Gasteiger partial charge in [0.1, 0.15) is 5.82 Å². The normalized spacial score (nSPS) is 27.3. The third-order valence-electron chi connectivity index (χ3n) is 4.64. The number of carbonyl (C=O) groups is 2. The Morgan fingerprint density at radius 1 is 1.27 bits per heavy atom. The monoisotopic (exact) mass is 306 g/mol. The maximum Gasteiger partial charge on any atom is 0.317 e. The van der Waals surface area contributed by atoms with Crippen molar-refractivity contribution in [2.24, 2.45) is 5.92 Å². The molecule has 1 aliphatic carbocycles. The van der Waals surface area contributed by atoms with Gasteiger partial charge in [0.25, 0.3) is 0 Å². The zero-order chi connectivity index (χ0) is 15.7. The van der Waals surface area contributed by atoms with Gasteiger partial charge in [-0.25, -0.2) is 9.18 Å². The third kappa shape index (κ3) is 2.91. The van der Waals surface area contributed by atoms with Crippen molar-refractivity contribution >= 4 is 12.0 Å². The van der Waals surface area contributed by atoms with E-state index in [0.717, 1.165) is 12.8 Å². The molecule has 3 rings (SSSR count). The Balaban J connectivity index is 1.47. The Hall–Kier alpha value is -2.11. The van der Waals surface area contributed by atoms with E-state index in [0.29, 0.717) is 18.5 Å². The Morgan fingerprint density at radius 3 is 2.64 bits per heavy atom. The first-order valence-corrected chi connectivity index (χ1v) is 7.57. The van der Waals surface area contributed by atoms with Crippen molar-refractivity contribution in [1.29, 1.82) is 0 Å². The summed E-state index contributed by atoms with van der Waals surface area (Å²) in [4.78, 5) is 24.5. The molecule has 1 heterocycles. The number of carbonyl (C=O) groups excluding carboxylic acids is 1. The number of amides is 2. The number of rotatable bonds is 3. The van der Waals surface area contributed by atoms with Crippen molar-refractivity contribution in [3.05, 3.63) is 35.6 Å². The molecule has 22 heavy (non-hydrogen) atoms. The Kier molecular flexibility index (Phi) is 4.00. The number of nitrogens with one attached hydrogen (secondary N) is 1. The molecule has 1 aliphatic heterocycles. The second-order valence-electron chi connectivity index (χ2n) is 6.11. The maximum absolute atomic E-state index is 13.7. The predicted octanol–water partition coefficient (Wildman–Crippen LogP) is 2.19. The summed E-state index contributed by atoms with van der Waals surface area (Å²) in [7, 11) is 0. The van der Waals surface area contributed by atoms with Gasteiger partial charge in [0.15, 0.2) is 0 Å². The lowest BCUT2D eigenvalue weighted by molar-refractivity contribution is -0.141. The van der Waals surface area contributed by atoms with Crippen LogP contribution >= 0.6 is 0 Å². The molecule has 0 radical (unpaired) electrons. The average Bonchev–Trinajstić information content (AvgIpc) is 2.93. The minimum Gasteiger partial charge on any atom is -0.481 e. The summed E-state index contributed by atoms with van der Waals surface area (Å²) in [5, 5.41) is 11.9. The number of carboxylic acids is 1. The van der Waals surface area contributed by atoms with E-state index >= 15 is 0 Å². The molecular weight excluding hydrogens is 287 g/mol. The molecule has 1 aromatic carbocycles. The van der Waals surface area contributed by atoms with Gasteiger partial charge in [-0.05, 0) is 36.8 Å². The fourth-order valence-corrected chi connectivity index (χ4v) is 3.21. The fraction of sp³-hybridized carbons (Fsp3) is 0.500. The highest BCUT2D eigenvalue weighted by Gasteiger charge is 2.36. The summed E-state index contributed by atoms with van der Waals surface area (Å²) in [5.74, 6) is -1.35. The summed E-state index contributed by atoms with van der Waals surface area (Å²) in [5.41, 5.74) is 0.708. The molecule has 1 unspecified atom stereocenters. The number of benzene rings is 1.